The Morgan fingerprint density at radius 3 is 3.04 bits per heavy atom. The van der Waals surface area contributed by atoms with Gasteiger partial charge in [-0.3, -0.25) is 4.79 Å². The molecule has 1 saturated heterocycles. The predicted octanol–water partition coefficient (Wildman–Crippen LogP) is 2.64. The second kappa shape index (κ2) is 7.47. The van der Waals surface area contributed by atoms with Crippen LogP contribution in [-0.2, 0) is 4.79 Å². The third-order valence-electron chi connectivity index (χ3n) is 4.45. The van der Waals surface area contributed by atoms with Gasteiger partial charge in [-0.1, -0.05) is 26.0 Å². The molecule has 0 spiro atoms. The molecule has 24 heavy (non-hydrogen) atoms. The predicted molar refractivity (Wildman–Crippen MR) is 90.9 cm³/mol. The van der Waals surface area contributed by atoms with Crippen LogP contribution in [-0.4, -0.2) is 45.3 Å². The Morgan fingerprint density at radius 2 is 2.29 bits per heavy atom. The van der Waals surface area contributed by atoms with Gasteiger partial charge in [0.05, 0.1) is 6.04 Å². The number of likely N-dealkylation sites (tertiary alicyclic amines) is 1. The van der Waals surface area contributed by atoms with Crippen LogP contribution in [0.15, 0.2) is 36.9 Å². The van der Waals surface area contributed by atoms with Crippen molar-refractivity contribution in [2.45, 2.75) is 38.6 Å². The van der Waals surface area contributed by atoms with Crippen LogP contribution in [0, 0.1) is 0 Å². The zero-order valence-electron chi connectivity index (χ0n) is 14.3. The third-order valence-corrected chi connectivity index (χ3v) is 4.45. The summed E-state index contributed by atoms with van der Waals surface area (Å²) in [6.45, 7) is 5.80. The zero-order chi connectivity index (χ0) is 16.9. The average molecular weight is 328 g/mol. The highest BCUT2D eigenvalue weighted by Gasteiger charge is 2.25. The fourth-order valence-corrected chi connectivity index (χ4v) is 3.00. The summed E-state index contributed by atoms with van der Waals surface area (Å²) < 4.78 is 7.55. The monoisotopic (exact) mass is 328 g/mol. The van der Waals surface area contributed by atoms with E-state index in [0.29, 0.717) is 12.5 Å². The first-order valence-electron chi connectivity index (χ1n) is 8.48. The number of hydrogen-bond donors (Lipinski definition) is 0. The van der Waals surface area contributed by atoms with Gasteiger partial charge in [0.1, 0.15) is 18.4 Å². The molecule has 1 amide bonds. The van der Waals surface area contributed by atoms with Crippen LogP contribution in [0.2, 0.25) is 0 Å². The lowest BCUT2D eigenvalue weighted by atomic mass is 10.0. The molecular formula is C18H24N4O2. The van der Waals surface area contributed by atoms with Crippen LogP contribution in [0.3, 0.4) is 0 Å². The highest BCUT2D eigenvalue weighted by molar-refractivity contribution is 5.77. The van der Waals surface area contributed by atoms with E-state index in [1.807, 2.05) is 27.8 Å². The van der Waals surface area contributed by atoms with E-state index in [0.717, 1.165) is 25.1 Å². The standard InChI is InChI=1S/C18H24N4O2/c1-14(2)15-5-3-7-17(9-15)24-11-18(23)21-8-4-6-16(10-21)22-13-19-12-20-22/h3,5,7,9,12-14,16H,4,6,8,10-11H2,1-2H3/t16-/m1/s1. The summed E-state index contributed by atoms with van der Waals surface area (Å²) in [6.07, 6.45) is 5.24. The second-order valence-electron chi connectivity index (χ2n) is 6.53. The summed E-state index contributed by atoms with van der Waals surface area (Å²) in [5.74, 6) is 1.21. The topological polar surface area (TPSA) is 60.2 Å². The number of benzene rings is 1. The van der Waals surface area contributed by atoms with Gasteiger partial charge in [0, 0.05) is 13.1 Å². The number of hydrogen-bond acceptors (Lipinski definition) is 4. The van der Waals surface area contributed by atoms with E-state index in [2.05, 4.69) is 30.0 Å². The van der Waals surface area contributed by atoms with Crippen molar-refractivity contribution in [2.75, 3.05) is 19.7 Å². The molecule has 0 bridgehead atoms. The second-order valence-corrected chi connectivity index (χ2v) is 6.53. The van der Waals surface area contributed by atoms with Crippen molar-refractivity contribution in [3.63, 3.8) is 0 Å². The third kappa shape index (κ3) is 3.93. The van der Waals surface area contributed by atoms with E-state index in [4.69, 9.17) is 4.74 Å². The van der Waals surface area contributed by atoms with Gasteiger partial charge < -0.3 is 9.64 Å². The lowest BCUT2D eigenvalue weighted by Gasteiger charge is -2.32. The minimum Gasteiger partial charge on any atom is -0.484 e. The van der Waals surface area contributed by atoms with E-state index in [9.17, 15) is 4.79 Å². The number of ether oxygens (including phenoxy) is 1. The van der Waals surface area contributed by atoms with Crippen molar-refractivity contribution in [1.29, 1.82) is 0 Å². The van der Waals surface area contributed by atoms with Gasteiger partial charge in [-0.2, -0.15) is 5.10 Å². The van der Waals surface area contributed by atoms with E-state index >= 15 is 0 Å². The Balaban J connectivity index is 1.56. The lowest BCUT2D eigenvalue weighted by molar-refractivity contribution is -0.135. The summed E-state index contributed by atoms with van der Waals surface area (Å²) in [5.41, 5.74) is 1.21. The van der Waals surface area contributed by atoms with Crippen LogP contribution in [0.1, 0.15) is 44.2 Å². The summed E-state index contributed by atoms with van der Waals surface area (Å²) >= 11 is 0. The highest BCUT2D eigenvalue weighted by Crippen LogP contribution is 2.22. The minimum atomic E-state index is 0.0229. The highest BCUT2D eigenvalue weighted by atomic mass is 16.5. The number of nitrogens with zero attached hydrogens (tertiary/aromatic N) is 4. The van der Waals surface area contributed by atoms with Crippen molar-refractivity contribution in [3.05, 3.63) is 42.5 Å². The molecule has 1 fully saturated rings. The Hall–Kier alpha value is -2.37. The number of aromatic nitrogens is 3. The molecule has 2 aromatic rings. The van der Waals surface area contributed by atoms with E-state index in [1.54, 1.807) is 6.33 Å². The molecule has 1 aromatic carbocycles. The van der Waals surface area contributed by atoms with Crippen molar-refractivity contribution in [3.8, 4) is 5.75 Å². The molecule has 2 heterocycles. The smallest absolute Gasteiger partial charge is 0.260 e. The lowest BCUT2D eigenvalue weighted by Crippen LogP contribution is -2.43. The molecule has 6 nitrogen and oxygen atoms in total. The van der Waals surface area contributed by atoms with E-state index in [-0.39, 0.29) is 18.6 Å². The van der Waals surface area contributed by atoms with Crippen LogP contribution >= 0.6 is 0 Å². The SMILES string of the molecule is CC(C)c1cccc(OCC(=O)N2CCC[C@@H](n3cncn3)C2)c1. The Bertz CT molecular complexity index is 669. The molecule has 0 unspecified atom stereocenters. The molecule has 0 aliphatic carbocycles. The first kappa shape index (κ1) is 16.5. The maximum atomic E-state index is 12.5. The fraction of sp³-hybridized carbons (Fsp3) is 0.500. The van der Waals surface area contributed by atoms with Crippen molar-refractivity contribution < 1.29 is 9.53 Å². The Morgan fingerprint density at radius 1 is 1.42 bits per heavy atom. The largest absolute Gasteiger partial charge is 0.484 e. The molecule has 128 valence electrons. The quantitative estimate of drug-likeness (QED) is 0.846. The van der Waals surface area contributed by atoms with Crippen molar-refractivity contribution in [2.24, 2.45) is 0 Å². The van der Waals surface area contributed by atoms with E-state index < -0.39 is 0 Å². The summed E-state index contributed by atoms with van der Waals surface area (Å²) in [7, 11) is 0. The first-order valence-corrected chi connectivity index (χ1v) is 8.48. The fourth-order valence-electron chi connectivity index (χ4n) is 3.00. The molecule has 1 aliphatic rings. The summed E-state index contributed by atoms with van der Waals surface area (Å²) in [5, 5.41) is 4.19. The van der Waals surface area contributed by atoms with Crippen molar-refractivity contribution >= 4 is 5.91 Å². The van der Waals surface area contributed by atoms with Gasteiger partial charge in [0.25, 0.3) is 5.91 Å². The maximum absolute atomic E-state index is 12.5. The number of carbonyl (C=O) groups is 1. The Labute approximate surface area is 142 Å². The van der Waals surface area contributed by atoms with Gasteiger partial charge in [-0.15, -0.1) is 0 Å². The number of piperidine rings is 1. The molecule has 1 aromatic heterocycles. The maximum Gasteiger partial charge on any atom is 0.260 e. The normalized spacial score (nSPS) is 18.0. The van der Waals surface area contributed by atoms with E-state index in [1.165, 1.54) is 11.9 Å². The molecule has 6 heteroatoms. The Kier molecular flexibility index (Phi) is 5.13. The summed E-state index contributed by atoms with van der Waals surface area (Å²) in [6, 6.07) is 8.15. The van der Waals surface area contributed by atoms with Gasteiger partial charge in [0.15, 0.2) is 6.61 Å². The molecule has 0 radical (unpaired) electrons. The number of carbonyl (C=O) groups excluding carboxylic acids is 1. The zero-order valence-corrected chi connectivity index (χ0v) is 14.3. The van der Waals surface area contributed by atoms with Crippen LogP contribution < -0.4 is 4.74 Å². The van der Waals surface area contributed by atoms with Gasteiger partial charge in [-0.05, 0) is 36.5 Å². The van der Waals surface area contributed by atoms with Gasteiger partial charge >= 0.3 is 0 Å². The molecule has 1 aliphatic heterocycles. The average Bonchev–Trinajstić information content (AvgIpc) is 3.15. The molecule has 1 atom stereocenters. The molecule has 0 saturated carbocycles. The number of amides is 1. The van der Waals surface area contributed by atoms with Crippen LogP contribution in [0.4, 0.5) is 0 Å². The first-order chi connectivity index (χ1) is 11.6. The van der Waals surface area contributed by atoms with Gasteiger partial charge in [-0.25, -0.2) is 9.67 Å². The van der Waals surface area contributed by atoms with Crippen LogP contribution in [0.5, 0.6) is 5.75 Å². The minimum absolute atomic E-state index is 0.0229. The summed E-state index contributed by atoms with van der Waals surface area (Å²) in [4.78, 5) is 18.3. The molecule has 0 N–H and O–H groups in total. The van der Waals surface area contributed by atoms with Gasteiger partial charge in [0.2, 0.25) is 0 Å². The van der Waals surface area contributed by atoms with Crippen LogP contribution in [0.25, 0.3) is 0 Å². The molecular weight excluding hydrogens is 304 g/mol. The van der Waals surface area contributed by atoms with Crippen molar-refractivity contribution in [1.82, 2.24) is 19.7 Å². The molecule has 3 rings (SSSR count). The number of rotatable bonds is 5.